The average Bonchev–Trinajstić information content (AvgIpc) is 2.26. The number of rotatable bonds is 3. The Balaban J connectivity index is 3.16. The summed E-state index contributed by atoms with van der Waals surface area (Å²) >= 11 is 0. The molecular formula is C12H11F4NO2. The second kappa shape index (κ2) is 5.73. The molecule has 0 spiro atoms. The molecule has 0 saturated carbocycles. The first-order valence-corrected chi connectivity index (χ1v) is 5.23. The minimum Gasteiger partial charge on any atom is -0.424 e. The summed E-state index contributed by atoms with van der Waals surface area (Å²) in [5, 5.41) is 1.89. The monoisotopic (exact) mass is 277 g/mol. The summed E-state index contributed by atoms with van der Waals surface area (Å²) in [6.07, 6.45) is -3.91. The zero-order chi connectivity index (χ0) is 14.6. The minimum atomic E-state index is -4.66. The molecule has 1 aromatic rings. The second-order valence-corrected chi connectivity index (χ2v) is 3.53. The van der Waals surface area contributed by atoms with Gasteiger partial charge in [0, 0.05) is 6.92 Å². The van der Waals surface area contributed by atoms with Gasteiger partial charge >= 0.3 is 12.1 Å². The maximum Gasteiger partial charge on any atom is 0.430 e. The topological polar surface area (TPSA) is 38.3 Å². The zero-order valence-electron chi connectivity index (χ0n) is 10.1. The molecule has 3 nitrogen and oxygen atoms in total. The third-order valence-corrected chi connectivity index (χ3v) is 2.08. The molecule has 7 heteroatoms. The number of carbonyl (C=O) groups is 1. The third-order valence-electron chi connectivity index (χ3n) is 2.08. The van der Waals surface area contributed by atoms with Crippen molar-refractivity contribution in [3.63, 3.8) is 0 Å². The molecule has 0 aliphatic rings. The largest absolute Gasteiger partial charge is 0.430 e. The van der Waals surface area contributed by atoms with Gasteiger partial charge in [0.05, 0.1) is 0 Å². The number of nitrogens with one attached hydrogen (secondary N) is 1. The van der Waals surface area contributed by atoms with Gasteiger partial charge in [0.15, 0.2) is 5.75 Å². The highest BCUT2D eigenvalue weighted by molar-refractivity contribution is 5.73. The van der Waals surface area contributed by atoms with Gasteiger partial charge in [-0.1, -0.05) is 12.1 Å². The van der Waals surface area contributed by atoms with Gasteiger partial charge in [-0.3, -0.25) is 4.79 Å². The lowest BCUT2D eigenvalue weighted by molar-refractivity contribution is -0.131. The van der Waals surface area contributed by atoms with Gasteiger partial charge in [-0.25, -0.2) is 4.39 Å². The first-order valence-electron chi connectivity index (χ1n) is 5.23. The molecule has 0 aromatic heterocycles. The fourth-order valence-electron chi connectivity index (χ4n) is 1.31. The molecule has 0 saturated heterocycles. The summed E-state index contributed by atoms with van der Waals surface area (Å²) in [4.78, 5) is 10.8. The van der Waals surface area contributed by atoms with Crippen molar-refractivity contribution in [3.8, 4) is 5.75 Å². The Bertz CT molecular complexity index is 509. The summed E-state index contributed by atoms with van der Waals surface area (Å²) in [6, 6.07) is 3.37. The number of alkyl halides is 3. The third kappa shape index (κ3) is 3.97. The molecule has 1 aromatic carbocycles. The number of hydrogen-bond donors (Lipinski definition) is 1. The number of hydrogen-bond acceptors (Lipinski definition) is 3. The molecule has 19 heavy (non-hydrogen) atoms. The summed E-state index contributed by atoms with van der Waals surface area (Å²) in [5.74, 6) is -2.03. The van der Waals surface area contributed by atoms with Gasteiger partial charge in [0.25, 0.3) is 0 Å². The Morgan fingerprint density at radius 2 is 2.00 bits per heavy atom. The van der Waals surface area contributed by atoms with Crippen LogP contribution in [-0.2, 0) is 4.79 Å². The van der Waals surface area contributed by atoms with Gasteiger partial charge in [-0.05, 0) is 19.1 Å². The van der Waals surface area contributed by atoms with E-state index in [-0.39, 0.29) is 5.75 Å². The van der Waals surface area contributed by atoms with Crippen molar-refractivity contribution in [2.75, 3.05) is 5.32 Å². The molecular weight excluding hydrogens is 266 g/mol. The molecule has 0 atom stereocenters. The van der Waals surface area contributed by atoms with E-state index in [1.54, 1.807) is 0 Å². The smallest absolute Gasteiger partial charge is 0.424 e. The van der Waals surface area contributed by atoms with Crippen molar-refractivity contribution in [3.05, 3.63) is 35.8 Å². The molecule has 0 fully saturated rings. The molecule has 0 radical (unpaired) electrons. The number of para-hydroxylation sites is 1. The van der Waals surface area contributed by atoms with Crippen LogP contribution in [0.3, 0.4) is 0 Å². The van der Waals surface area contributed by atoms with E-state index in [9.17, 15) is 22.4 Å². The molecule has 104 valence electrons. The highest BCUT2D eigenvalue weighted by atomic mass is 19.4. The first-order chi connectivity index (χ1) is 8.75. The number of benzene rings is 1. The predicted octanol–water partition coefficient (Wildman–Crippen LogP) is 3.63. The Labute approximate surface area is 106 Å². The highest BCUT2D eigenvalue weighted by Gasteiger charge is 2.34. The Morgan fingerprint density at radius 1 is 1.37 bits per heavy atom. The Morgan fingerprint density at radius 3 is 2.47 bits per heavy atom. The molecule has 1 rings (SSSR count). The van der Waals surface area contributed by atoms with E-state index in [1.807, 2.05) is 5.32 Å². The molecule has 0 heterocycles. The number of anilines is 1. The van der Waals surface area contributed by atoms with E-state index >= 15 is 0 Å². The van der Waals surface area contributed by atoms with Crippen LogP contribution in [0.4, 0.5) is 23.2 Å². The average molecular weight is 277 g/mol. The van der Waals surface area contributed by atoms with E-state index in [2.05, 4.69) is 4.74 Å². The van der Waals surface area contributed by atoms with Crippen molar-refractivity contribution in [2.45, 2.75) is 20.0 Å². The number of carbonyl (C=O) groups excluding carboxylic acids is 1. The van der Waals surface area contributed by atoms with Crippen LogP contribution in [0, 0.1) is 5.82 Å². The number of halogens is 4. The summed E-state index contributed by atoms with van der Waals surface area (Å²) in [5.41, 5.74) is -1.69. The highest BCUT2D eigenvalue weighted by Crippen LogP contribution is 2.33. The van der Waals surface area contributed by atoms with Crippen LogP contribution in [0.15, 0.2) is 30.0 Å². The summed E-state index contributed by atoms with van der Waals surface area (Å²) < 4.78 is 55.9. The fraction of sp³-hybridized carbons (Fsp3) is 0.250. The van der Waals surface area contributed by atoms with E-state index in [0.29, 0.717) is 0 Å². The molecule has 0 unspecified atom stereocenters. The van der Waals surface area contributed by atoms with Crippen LogP contribution in [0.2, 0.25) is 0 Å². The minimum absolute atomic E-state index is 0.309. The van der Waals surface area contributed by atoms with Crippen LogP contribution >= 0.6 is 0 Å². The molecule has 0 aliphatic heterocycles. The summed E-state index contributed by atoms with van der Waals surface area (Å²) in [6.45, 7) is 2.22. The predicted molar refractivity (Wildman–Crippen MR) is 61.1 cm³/mol. The maximum atomic E-state index is 13.5. The van der Waals surface area contributed by atoms with Gasteiger partial charge in [-0.15, -0.1) is 0 Å². The Hall–Kier alpha value is -2.05. The lowest BCUT2D eigenvalue weighted by Crippen LogP contribution is -2.20. The molecule has 0 aliphatic carbocycles. The van der Waals surface area contributed by atoms with Gasteiger partial charge in [-0.2, -0.15) is 13.2 Å². The van der Waals surface area contributed by atoms with Crippen molar-refractivity contribution in [2.24, 2.45) is 0 Å². The quantitative estimate of drug-likeness (QED) is 0.521. The molecule has 0 amide bonds. The standard InChI is InChI=1S/C12H11F4NO2/c1-3-10(12(14,15)16)17-11-8(13)5-4-6-9(11)19-7(2)18/h3-6,17H,1-2H3/b10-3-. The number of esters is 1. The second-order valence-electron chi connectivity index (χ2n) is 3.53. The van der Waals surface area contributed by atoms with Crippen molar-refractivity contribution in [1.82, 2.24) is 0 Å². The van der Waals surface area contributed by atoms with Crippen LogP contribution in [0.5, 0.6) is 5.75 Å². The van der Waals surface area contributed by atoms with E-state index in [0.717, 1.165) is 26.0 Å². The van der Waals surface area contributed by atoms with E-state index in [4.69, 9.17) is 0 Å². The van der Waals surface area contributed by atoms with Gasteiger partial charge < -0.3 is 10.1 Å². The normalized spacial score (nSPS) is 12.2. The Kier molecular flexibility index (Phi) is 4.52. The van der Waals surface area contributed by atoms with E-state index < -0.39 is 29.3 Å². The lowest BCUT2D eigenvalue weighted by Gasteiger charge is -2.16. The maximum absolute atomic E-state index is 13.5. The SMILES string of the molecule is C/C=C(\Nc1c(F)cccc1OC(C)=O)C(F)(F)F. The molecule has 1 N–H and O–H groups in total. The number of ether oxygens (including phenoxy) is 1. The van der Waals surface area contributed by atoms with Gasteiger partial charge in [0.1, 0.15) is 17.2 Å². The lowest BCUT2D eigenvalue weighted by atomic mass is 10.2. The number of allylic oxidation sites excluding steroid dienone is 2. The van der Waals surface area contributed by atoms with Gasteiger partial charge in [0.2, 0.25) is 0 Å². The fourth-order valence-corrected chi connectivity index (χ4v) is 1.31. The van der Waals surface area contributed by atoms with Crippen LogP contribution in [0.25, 0.3) is 0 Å². The van der Waals surface area contributed by atoms with Crippen LogP contribution < -0.4 is 10.1 Å². The van der Waals surface area contributed by atoms with E-state index in [1.165, 1.54) is 12.1 Å². The summed E-state index contributed by atoms with van der Waals surface area (Å²) in [7, 11) is 0. The van der Waals surface area contributed by atoms with Crippen molar-refractivity contribution < 1.29 is 27.1 Å². The van der Waals surface area contributed by atoms with Crippen molar-refractivity contribution in [1.29, 1.82) is 0 Å². The zero-order valence-corrected chi connectivity index (χ0v) is 10.1. The molecule has 0 bridgehead atoms. The first kappa shape index (κ1) is 15.0. The van der Waals surface area contributed by atoms with Crippen LogP contribution in [0.1, 0.15) is 13.8 Å². The van der Waals surface area contributed by atoms with Crippen LogP contribution in [-0.4, -0.2) is 12.1 Å². The van der Waals surface area contributed by atoms with Crippen molar-refractivity contribution >= 4 is 11.7 Å².